The normalized spacial score (nSPS) is 17.8. The van der Waals surface area contributed by atoms with Gasteiger partial charge in [0.25, 0.3) is 11.8 Å². The van der Waals surface area contributed by atoms with Gasteiger partial charge in [0.1, 0.15) is 11.5 Å². The van der Waals surface area contributed by atoms with Crippen molar-refractivity contribution >= 4 is 23.2 Å². The molecule has 0 spiro atoms. The zero-order chi connectivity index (χ0) is 27.4. The fourth-order valence-corrected chi connectivity index (χ4v) is 5.24. The maximum absolute atomic E-state index is 14.4. The van der Waals surface area contributed by atoms with E-state index in [9.17, 15) is 14.0 Å². The molecule has 2 aliphatic heterocycles. The summed E-state index contributed by atoms with van der Waals surface area (Å²) >= 11 is 0. The number of hydrogen-bond acceptors (Lipinski definition) is 7. The molecule has 0 saturated carbocycles. The van der Waals surface area contributed by atoms with Crippen LogP contribution in [0.3, 0.4) is 0 Å². The van der Waals surface area contributed by atoms with Gasteiger partial charge in [-0.3, -0.25) is 14.5 Å². The molecule has 5 rings (SSSR count). The van der Waals surface area contributed by atoms with Gasteiger partial charge in [0, 0.05) is 54.2 Å². The number of morpholine rings is 1. The van der Waals surface area contributed by atoms with Crippen molar-refractivity contribution < 1.29 is 23.2 Å². The van der Waals surface area contributed by atoms with Crippen LogP contribution >= 0.6 is 0 Å². The molecule has 2 amide bonds. The number of nitrogens with one attached hydrogen (secondary N) is 2. The molecule has 9 nitrogen and oxygen atoms in total. The third-order valence-electron chi connectivity index (χ3n) is 7.43. The van der Waals surface area contributed by atoms with Crippen molar-refractivity contribution in [1.82, 2.24) is 15.4 Å². The van der Waals surface area contributed by atoms with E-state index in [0.29, 0.717) is 56.0 Å². The number of halogens is 1. The van der Waals surface area contributed by atoms with Gasteiger partial charge in [-0.2, -0.15) is 0 Å². The number of anilines is 2. The van der Waals surface area contributed by atoms with Crippen molar-refractivity contribution in [2.24, 2.45) is 0 Å². The number of amides is 2. The van der Waals surface area contributed by atoms with E-state index in [0.717, 1.165) is 37.1 Å². The van der Waals surface area contributed by atoms with Gasteiger partial charge >= 0.3 is 0 Å². The number of likely N-dealkylation sites (tertiary alicyclic amines) is 1. The quantitative estimate of drug-likeness (QED) is 0.448. The summed E-state index contributed by atoms with van der Waals surface area (Å²) in [6, 6.07) is 11.7. The maximum Gasteiger partial charge on any atom is 0.289 e. The second kappa shape index (κ2) is 12.0. The van der Waals surface area contributed by atoms with Gasteiger partial charge in [0.15, 0.2) is 0 Å². The molecule has 1 atom stereocenters. The zero-order valence-electron chi connectivity index (χ0n) is 22.3. The van der Waals surface area contributed by atoms with Crippen molar-refractivity contribution in [3.8, 4) is 11.3 Å². The third kappa shape index (κ3) is 6.29. The Kier molecular flexibility index (Phi) is 8.23. The highest BCUT2D eigenvalue weighted by Gasteiger charge is 2.24. The number of ether oxygens (including phenoxy) is 1. The molecule has 2 fully saturated rings. The van der Waals surface area contributed by atoms with E-state index in [-0.39, 0.29) is 17.2 Å². The first-order valence-corrected chi connectivity index (χ1v) is 13.5. The molecule has 3 aromatic rings. The third-order valence-corrected chi connectivity index (χ3v) is 7.43. The van der Waals surface area contributed by atoms with E-state index in [2.05, 4.69) is 27.6 Å². The van der Waals surface area contributed by atoms with Gasteiger partial charge in [0.2, 0.25) is 5.76 Å². The topological polar surface area (TPSA) is 99.9 Å². The monoisotopic (exact) mass is 535 g/mol. The minimum Gasteiger partial charge on any atom is -0.378 e. The average Bonchev–Trinajstić information content (AvgIpc) is 3.63. The van der Waals surface area contributed by atoms with Crippen molar-refractivity contribution in [3.63, 3.8) is 0 Å². The minimum atomic E-state index is -0.475. The zero-order valence-corrected chi connectivity index (χ0v) is 22.3. The van der Waals surface area contributed by atoms with E-state index < -0.39 is 11.7 Å². The molecule has 2 N–H and O–H groups in total. The summed E-state index contributed by atoms with van der Waals surface area (Å²) in [4.78, 5) is 30.1. The van der Waals surface area contributed by atoms with Gasteiger partial charge in [0.05, 0.1) is 13.2 Å². The number of carbonyl (C=O) groups is 2. The predicted octanol–water partition coefficient (Wildman–Crippen LogP) is 4.09. The molecule has 2 aromatic carbocycles. The molecule has 1 unspecified atom stereocenters. The van der Waals surface area contributed by atoms with Crippen molar-refractivity contribution in [2.75, 3.05) is 56.2 Å². The van der Waals surface area contributed by atoms with Crippen LogP contribution in [0.4, 0.5) is 15.8 Å². The van der Waals surface area contributed by atoms with Crippen LogP contribution in [-0.4, -0.2) is 73.9 Å². The lowest BCUT2D eigenvalue weighted by atomic mass is 10.0. The second-order valence-corrected chi connectivity index (χ2v) is 9.99. The lowest BCUT2D eigenvalue weighted by Crippen LogP contribution is -2.39. The summed E-state index contributed by atoms with van der Waals surface area (Å²) in [5.74, 6) is -1.07. The fourth-order valence-electron chi connectivity index (χ4n) is 5.24. The average molecular weight is 536 g/mol. The van der Waals surface area contributed by atoms with Crippen LogP contribution in [0.25, 0.3) is 11.3 Å². The number of benzene rings is 2. The summed E-state index contributed by atoms with van der Waals surface area (Å²) in [6.45, 7) is 9.04. The number of aromatic nitrogens is 1. The lowest BCUT2D eigenvalue weighted by molar-refractivity contribution is 0.0904. The molecule has 3 heterocycles. The second-order valence-electron chi connectivity index (χ2n) is 9.99. The fraction of sp³-hybridized carbons (Fsp3) is 0.414. The molecular formula is C29H34FN5O4. The molecular weight excluding hydrogens is 501 g/mol. The number of nitrogens with zero attached hydrogens (tertiary/aromatic N) is 3. The molecule has 0 aliphatic carbocycles. The summed E-state index contributed by atoms with van der Waals surface area (Å²) in [6.07, 6.45) is 2.21. The van der Waals surface area contributed by atoms with E-state index >= 15 is 0 Å². The van der Waals surface area contributed by atoms with Crippen LogP contribution in [-0.2, 0) is 4.74 Å². The largest absolute Gasteiger partial charge is 0.378 e. The number of aryl methyl sites for hydroxylation is 1. The highest BCUT2D eigenvalue weighted by Crippen LogP contribution is 2.27. The van der Waals surface area contributed by atoms with Crippen molar-refractivity contribution in [2.45, 2.75) is 32.7 Å². The van der Waals surface area contributed by atoms with Crippen LogP contribution in [0.2, 0.25) is 0 Å². The van der Waals surface area contributed by atoms with E-state index in [1.807, 2.05) is 17.9 Å². The standard InChI is InChI=1S/C29H34FN5O4/c1-3-34-8-4-5-23(34)18-31-29(37)27-17-26(33-39-27)25-16-22(7-6-19(25)2)32-28(36)20-13-21(30)15-24(14-20)35-9-11-38-12-10-35/h6-7,13-17,23H,3-5,8-12,18H2,1-2H3,(H,31,37)(H,32,36). The Balaban J connectivity index is 1.27. The Bertz CT molecular complexity index is 1340. The highest BCUT2D eigenvalue weighted by molar-refractivity contribution is 6.05. The molecule has 2 saturated heterocycles. The van der Waals surface area contributed by atoms with Crippen LogP contribution < -0.4 is 15.5 Å². The molecule has 39 heavy (non-hydrogen) atoms. The smallest absolute Gasteiger partial charge is 0.289 e. The Labute approximate surface area is 227 Å². The summed E-state index contributed by atoms with van der Waals surface area (Å²) < 4.78 is 25.1. The van der Waals surface area contributed by atoms with E-state index in [4.69, 9.17) is 9.26 Å². The maximum atomic E-state index is 14.4. The SMILES string of the molecule is CCN1CCCC1CNC(=O)c1cc(-c2cc(NC(=O)c3cc(F)cc(N4CCOCC4)c3)ccc2C)no1. The lowest BCUT2D eigenvalue weighted by Gasteiger charge is -2.29. The summed E-state index contributed by atoms with van der Waals surface area (Å²) in [5.41, 5.74) is 3.51. The molecule has 0 bridgehead atoms. The molecule has 206 valence electrons. The van der Waals surface area contributed by atoms with Gasteiger partial charge in [-0.15, -0.1) is 0 Å². The number of carbonyl (C=O) groups excluding carboxylic acids is 2. The Morgan fingerprint density at radius 3 is 2.69 bits per heavy atom. The molecule has 0 radical (unpaired) electrons. The van der Waals surface area contributed by atoms with Gasteiger partial charge in [-0.1, -0.05) is 18.1 Å². The Hall–Kier alpha value is -3.76. The van der Waals surface area contributed by atoms with E-state index in [1.54, 1.807) is 24.3 Å². The first-order chi connectivity index (χ1) is 18.9. The van der Waals surface area contributed by atoms with Crippen LogP contribution in [0.1, 0.15) is 46.2 Å². The van der Waals surface area contributed by atoms with Crippen LogP contribution in [0.5, 0.6) is 0 Å². The number of hydrogen-bond donors (Lipinski definition) is 2. The number of likely N-dealkylation sites (N-methyl/N-ethyl adjacent to an activating group) is 1. The Morgan fingerprint density at radius 1 is 1.08 bits per heavy atom. The van der Waals surface area contributed by atoms with Gasteiger partial charge < -0.3 is 24.8 Å². The van der Waals surface area contributed by atoms with Crippen molar-refractivity contribution in [3.05, 3.63) is 65.2 Å². The minimum absolute atomic E-state index is 0.135. The molecule has 1 aromatic heterocycles. The number of rotatable bonds is 8. The Morgan fingerprint density at radius 2 is 1.90 bits per heavy atom. The highest BCUT2D eigenvalue weighted by atomic mass is 19.1. The van der Waals surface area contributed by atoms with Crippen LogP contribution in [0, 0.1) is 12.7 Å². The summed E-state index contributed by atoms with van der Waals surface area (Å²) in [7, 11) is 0. The van der Waals surface area contributed by atoms with Gasteiger partial charge in [-0.25, -0.2) is 4.39 Å². The van der Waals surface area contributed by atoms with Gasteiger partial charge in [-0.05, 0) is 68.8 Å². The van der Waals surface area contributed by atoms with Crippen LogP contribution in [0.15, 0.2) is 47.0 Å². The molecule has 10 heteroatoms. The van der Waals surface area contributed by atoms with E-state index in [1.165, 1.54) is 12.1 Å². The predicted molar refractivity (Wildman–Crippen MR) is 147 cm³/mol. The molecule has 2 aliphatic rings. The summed E-state index contributed by atoms with van der Waals surface area (Å²) in [5, 5.41) is 9.92. The first-order valence-electron chi connectivity index (χ1n) is 13.5. The first kappa shape index (κ1) is 26.8. The van der Waals surface area contributed by atoms with Crippen molar-refractivity contribution in [1.29, 1.82) is 0 Å².